The Kier molecular flexibility index (Phi) is 7.39. The van der Waals surface area contributed by atoms with Gasteiger partial charge in [0, 0.05) is 25.3 Å². The summed E-state index contributed by atoms with van der Waals surface area (Å²) >= 11 is 0. The number of hydrogen-bond donors (Lipinski definition) is 0. The highest BCUT2D eigenvalue weighted by Crippen LogP contribution is 2.21. The van der Waals surface area contributed by atoms with E-state index in [0.29, 0.717) is 13.1 Å². The van der Waals surface area contributed by atoms with Crippen LogP contribution >= 0.6 is 0 Å². The van der Waals surface area contributed by atoms with Crippen LogP contribution in [-0.2, 0) is 29.3 Å². The van der Waals surface area contributed by atoms with Crippen molar-refractivity contribution in [2.45, 2.75) is 51.0 Å². The average molecular weight is 427 g/mol. The second kappa shape index (κ2) is 10.00. The highest BCUT2D eigenvalue weighted by molar-refractivity contribution is 7.91. The molecule has 0 spiro atoms. The molecule has 0 aliphatic heterocycles. The van der Waals surface area contributed by atoms with Gasteiger partial charge in [-0.25, -0.2) is 13.4 Å². The second-order valence-electron chi connectivity index (χ2n) is 7.52. The van der Waals surface area contributed by atoms with Crippen molar-refractivity contribution in [2.75, 3.05) is 12.8 Å². The average Bonchev–Trinajstić information content (AvgIpc) is 3.17. The molecule has 0 N–H and O–H groups in total. The van der Waals surface area contributed by atoms with Gasteiger partial charge in [0.25, 0.3) is 0 Å². The van der Waals surface area contributed by atoms with Crippen LogP contribution in [0.4, 0.5) is 0 Å². The van der Waals surface area contributed by atoms with E-state index in [1.54, 1.807) is 19.3 Å². The number of nitrogens with zero attached hydrogens (tertiary/aromatic N) is 4. The molecule has 0 fully saturated rings. The van der Waals surface area contributed by atoms with E-state index < -0.39 is 9.84 Å². The zero-order valence-corrected chi connectivity index (χ0v) is 18.7. The van der Waals surface area contributed by atoms with E-state index in [4.69, 9.17) is 0 Å². The predicted molar refractivity (Wildman–Crippen MR) is 119 cm³/mol. The van der Waals surface area contributed by atoms with E-state index >= 15 is 0 Å². The minimum Gasteiger partial charge on any atom is -0.318 e. The van der Waals surface area contributed by atoms with Gasteiger partial charge in [-0.05, 0) is 44.5 Å². The number of rotatable bonds is 10. The summed E-state index contributed by atoms with van der Waals surface area (Å²) in [6.07, 6.45) is 5.23. The van der Waals surface area contributed by atoms with Gasteiger partial charge in [0.15, 0.2) is 0 Å². The van der Waals surface area contributed by atoms with Gasteiger partial charge in [0.2, 0.25) is 15.0 Å². The van der Waals surface area contributed by atoms with Gasteiger partial charge >= 0.3 is 0 Å². The lowest BCUT2D eigenvalue weighted by atomic mass is 10.1. The Morgan fingerprint density at radius 3 is 2.47 bits per heavy atom. The molecule has 1 aromatic carbocycles. The summed E-state index contributed by atoms with van der Waals surface area (Å²) in [5, 5.41) is 0.173. The molecule has 0 saturated carbocycles. The lowest BCUT2D eigenvalue weighted by molar-refractivity contribution is 0.241. The van der Waals surface area contributed by atoms with Crippen molar-refractivity contribution in [2.24, 2.45) is 0 Å². The first-order valence-electron chi connectivity index (χ1n) is 10.3. The summed E-state index contributed by atoms with van der Waals surface area (Å²) in [6, 6.07) is 16.2. The van der Waals surface area contributed by atoms with Crippen LogP contribution < -0.4 is 0 Å². The zero-order chi connectivity index (χ0) is 21.6. The van der Waals surface area contributed by atoms with Crippen LogP contribution in [-0.4, -0.2) is 40.7 Å². The first-order chi connectivity index (χ1) is 14.4. The lowest BCUT2D eigenvalue weighted by Crippen LogP contribution is -2.25. The van der Waals surface area contributed by atoms with Gasteiger partial charge in [-0.3, -0.25) is 9.88 Å². The minimum atomic E-state index is -3.39. The number of aromatic nitrogens is 3. The monoisotopic (exact) mass is 426 g/mol. The molecule has 0 radical (unpaired) electrons. The Morgan fingerprint density at radius 1 is 1.07 bits per heavy atom. The van der Waals surface area contributed by atoms with E-state index in [-0.39, 0.29) is 17.0 Å². The van der Waals surface area contributed by atoms with Crippen LogP contribution in [0.3, 0.4) is 0 Å². The van der Waals surface area contributed by atoms with E-state index in [0.717, 1.165) is 24.2 Å². The third kappa shape index (κ3) is 5.34. The zero-order valence-electron chi connectivity index (χ0n) is 17.9. The van der Waals surface area contributed by atoms with Gasteiger partial charge in [-0.15, -0.1) is 0 Å². The van der Waals surface area contributed by atoms with Crippen LogP contribution in [0, 0.1) is 0 Å². The number of sulfone groups is 1. The van der Waals surface area contributed by atoms with Crippen LogP contribution in [0.2, 0.25) is 0 Å². The van der Waals surface area contributed by atoms with E-state index in [1.165, 1.54) is 5.56 Å². The van der Waals surface area contributed by atoms with Gasteiger partial charge in [-0.1, -0.05) is 43.3 Å². The molecule has 2 heterocycles. The van der Waals surface area contributed by atoms with E-state index in [9.17, 15) is 8.42 Å². The number of hydrogen-bond acceptors (Lipinski definition) is 5. The Bertz CT molecular complexity index is 1030. The standard InChI is InChI=1S/C23H30N4O2S/c1-4-30(28,29)23-25-17-21(18-26(3)19(2)22-14-8-9-15-24-22)27(23)16-10-13-20-11-6-5-7-12-20/h5-9,11-12,14-15,17,19H,4,10,13,16,18H2,1-3H3. The highest BCUT2D eigenvalue weighted by Gasteiger charge is 2.23. The second-order valence-corrected chi connectivity index (χ2v) is 9.69. The normalized spacial score (nSPS) is 12.9. The largest absolute Gasteiger partial charge is 0.318 e. The maximum atomic E-state index is 12.6. The fourth-order valence-corrected chi connectivity index (χ4v) is 4.48. The third-order valence-electron chi connectivity index (χ3n) is 5.44. The molecule has 30 heavy (non-hydrogen) atoms. The Balaban J connectivity index is 1.79. The maximum absolute atomic E-state index is 12.6. The number of benzene rings is 1. The maximum Gasteiger partial charge on any atom is 0.227 e. The van der Waals surface area contributed by atoms with Crippen molar-refractivity contribution >= 4 is 9.84 Å². The number of pyridine rings is 1. The van der Waals surface area contributed by atoms with Gasteiger partial charge in [0.1, 0.15) is 0 Å². The summed E-state index contributed by atoms with van der Waals surface area (Å²) in [4.78, 5) is 10.9. The molecule has 7 heteroatoms. The quantitative estimate of drug-likeness (QED) is 0.492. The first kappa shape index (κ1) is 22.2. The van der Waals surface area contributed by atoms with Crippen LogP contribution in [0.5, 0.6) is 0 Å². The van der Waals surface area contributed by atoms with Crippen LogP contribution in [0.25, 0.3) is 0 Å². The molecule has 0 saturated heterocycles. The van der Waals surface area contributed by atoms with Crippen molar-refractivity contribution in [1.82, 2.24) is 19.4 Å². The minimum absolute atomic E-state index is 0.0440. The summed E-state index contributed by atoms with van der Waals surface area (Å²) in [5.74, 6) is 0.0440. The molecular weight excluding hydrogens is 396 g/mol. The summed E-state index contributed by atoms with van der Waals surface area (Å²) in [6.45, 7) is 4.97. The molecule has 0 amide bonds. The Labute approximate surface area is 179 Å². The molecule has 3 aromatic rings. The van der Waals surface area contributed by atoms with Gasteiger partial charge in [-0.2, -0.15) is 0 Å². The topological polar surface area (TPSA) is 68.1 Å². The molecule has 3 rings (SSSR count). The SMILES string of the molecule is CCS(=O)(=O)c1ncc(CN(C)C(C)c2ccccn2)n1CCCc1ccccc1. The van der Waals surface area contributed by atoms with Crippen molar-refractivity contribution in [3.05, 3.63) is 77.9 Å². The highest BCUT2D eigenvalue weighted by atomic mass is 32.2. The summed E-state index contributed by atoms with van der Waals surface area (Å²) < 4.78 is 27.1. The number of aryl methyl sites for hydroxylation is 1. The molecule has 6 nitrogen and oxygen atoms in total. The summed E-state index contributed by atoms with van der Waals surface area (Å²) in [7, 11) is -1.37. The van der Waals surface area contributed by atoms with Crippen molar-refractivity contribution < 1.29 is 8.42 Å². The summed E-state index contributed by atoms with van der Waals surface area (Å²) in [5.41, 5.74) is 3.14. The molecule has 2 aromatic heterocycles. The molecule has 1 atom stereocenters. The van der Waals surface area contributed by atoms with E-state index in [1.807, 2.05) is 48.0 Å². The molecule has 0 aliphatic carbocycles. The molecule has 0 aliphatic rings. The molecule has 0 bridgehead atoms. The van der Waals surface area contributed by atoms with E-state index in [2.05, 4.69) is 33.9 Å². The van der Waals surface area contributed by atoms with Crippen LogP contribution in [0.15, 0.2) is 66.1 Å². The Hall–Kier alpha value is -2.51. The lowest BCUT2D eigenvalue weighted by Gasteiger charge is -2.25. The predicted octanol–water partition coefficient (Wildman–Crippen LogP) is 3.90. The fourth-order valence-electron chi connectivity index (χ4n) is 3.46. The molecule has 1 unspecified atom stereocenters. The van der Waals surface area contributed by atoms with Gasteiger partial charge in [0.05, 0.1) is 23.3 Å². The van der Waals surface area contributed by atoms with Gasteiger partial charge < -0.3 is 4.57 Å². The smallest absolute Gasteiger partial charge is 0.227 e. The Morgan fingerprint density at radius 2 is 1.80 bits per heavy atom. The van der Waals surface area contributed by atoms with Crippen LogP contribution in [0.1, 0.15) is 43.3 Å². The van der Waals surface area contributed by atoms with Crippen molar-refractivity contribution in [3.8, 4) is 0 Å². The van der Waals surface area contributed by atoms with Crippen molar-refractivity contribution in [1.29, 1.82) is 0 Å². The van der Waals surface area contributed by atoms with Crippen molar-refractivity contribution in [3.63, 3.8) is 0 Å². The first-order valence-corrected chi connectivity index (χ1v) is 12.0. The fraction of sp³-hybridized carbons (Fsp3) is 0.391. The molecular formula is C23H30N4O2S. The molecule has 160 valence electrons. The number of imidazole rings is 1. The third-order valence-corrected chi connectivity index (χ3v) is 7.08.